The van der Waals surface area contributed by atoms with E-state index in [4.69, 9.17) is 5.11 Å². The van der Waals surface area contributed by atoms with E-state index in [9.17, 15) is 14.4 Å². The number of hydrogen-bond donors (Lipinski definition) is 1. The van der Waals surface area contributed by atoms with Gasteiger partial charge in [0, 0.05) is 11.1 Å². The summed E-state index contributed by atoms with van der Waals surface area (Å²) >= 11 is 0. The van der Waals surface area contributed by atoms with Gasteiger partial charge in [-0.25, -0.2) is 4.79 Å². The lowest BCUT2D eigenvalue weighted by atomic mass is 10.1. The lowest BCUT2D eigenvalue weighted by molar-refractivity contribution is -0.131. The Morgan fingerprint density at radius 2 is 1.85 bits per heavy atom. The molecule has 1 N–H and O–H groups in total. The quantitative estimate of drug-likeness (QED) is 0.421. The highest BCUT2D eigenvalue weighted by Gasteiger charge is 2.17. The first-order valence-corrected chi connectivity index (χ1v) is 3.48. The van der Waals surface area contributed by atoms with Crippen molar-refractivity contribution in [1.29, 1.82) is 0 Å². The van der Waals surface area contributed by atoms with Gasteiger partial charge in [-0.2, -0.15) is 0 Å². The van der Waals surface area contributed by atoms with Crippen LogP contribution >= 0.6 is 0 Å². The summed E-state index contributed by atoms with van der Waals surface area (Å²) < 4.78 is 0. The van der Waals surface area contributed by atoms with Crippen molar-refractivity contribution >= 4 is 18.0 Å². The molecule has 1 rings (SSSR count). The van der Waals surface area contributed by atoms with Gasteiger partial charge in [0.2, 0.25) is 0 Å². The molecule has 0 aromatic heterocycles. The maximum Gasteiger partial charge on any atom is 0.377 e. The zero-order valence-corrected chi connectivity index (χ0v) is 6.56. The first-order valence-electron chi connectivity index (χ1n) is 3.48. The molecule has 0 radical (unpaired) electrons. The third kappa shape index (κ3) is 1.79. The second kappa shape index (κ2) is 3.62. The van der Waals surface area contributed by atoms with E-state index < -0.39 is 11.8 Å². The third-order valence-corrected chi connectivity index (χ3v) is 1.53. The van der Waals surface area contributed by atoms with Crippen LogP contribution in [-0.2, 0) is 4.79 Å². The number of aliphatic carboxylic acids is 1. The van der Waals surface area contributed by atoms with Crippen LogP contribution in [0.2, 0.25) is 0 Å². The van der Waals surface area contributed by atoms with Gasteiger partial charge in [0.1, 0.15) is 0 Å². The zero-order chi connectivity index (χ0) is 9.84. The van der Waals surface area contributed by atoms with E-state index >= 15 is 0 Å². The third-order valence-electron chi connectivity index (χ3n) is 1.53. The molecule has 0 aliphatic carbocycles. The van der Waals surface area contributed by atoms with Gasteiger partial charge in [0.25, 0.3) is 5.78 Å². The van der Waals surface area contributed by atoms with Crippen molar-refractivity contribution in [3.8, 4) is 0 Å². The molecule has 0 amide bonds. The van der Waals surface area contributed by atoms with E-state index in [1.54, 1.807) is 6.07 Å². The van der Waals surface area contributed by atoms with Gasteiger partial charge in [0.15, 0.2) is 6.29 Å². The van der Waals surface area contributed by atoms with Gasteiger partial charge in [-0.15, -0.1) is 0 Å². The summed E-state index contributed by atoms with van der Waals surface area (Å²) in [5.74, 6) is -2.63. The van der Waals surface area contributed by atoms with Crippen LogP contribution in [0, 0.1) is 0 Å². The number of Topliss-reactive ketones (excluding diaryl/α,β-unsaturated/α-hetero) is 1. The number of carboxylic acids is 1. The van der Waals surface area contributed by atoms with Crippen molar-refractivity contribution in [1.82, 2.24) is 0 Å². The predicted molar refractivity (Wildman–Crippen MR) is 43.8 cm³/mol. The second-order valence-corrected chi connectivity index (χ2v) is 2.34. The molecular weight excluding hydrogens is 172 g/mol. The van der Waals surface area contributed by atoms with E-state index in [-0.39, 0.29) is 11.1 Å². The van der Waals surface area contributed by atoms with Gasteiger partial charge in [-0.05, 0) is 0 Å². The minimum atomic E-state index is -1.56. The smallest absolute Gasteiger partial charge is 0.377 e. The van der Waals surface area contributed by atoms with Gasteiger partial charge in [0.05, 0.1) is 0 Å². The average Bonchev–Trinajstić information content (AvgIpc) is 2.16. The molecule has 0 unspecified atom stereocenters. The molecule has 0 aliphatic rings. The Labute approximate surface area is 73.8 Å². The highest BCUT2D eigenvalue weighted by molar-refractivity contribution is 6.40. The van der Waals surface area contributed by atoms with Crippen molar-refractivity contribution in [2.75, 3.05) is 0 Å². The molecule has 0 saturated heterocycles. The summed E-state index contributed by atoms with van der Waals surface area (Å²) in [5.41, 5.74) is 0.0138. The van der Waals surface area contributed by atoms with Crippen LogP contribution < -0.4 is 0 Å². The average molecular weight is 178 g/mol. The molecule has 0 atom stereocenters. The second-order valence-electron chi connectivity index (χ2n) is 2.34. The topological polar surface area (TPSA) is 71.4 Å². The fraction of sp³-hybridized carbons (Fsp3) is 0. The molecule has 4 heteroatoms. The molecule has 1 aromatic rings. The Bertz CT molecular complexity index is 368. The predicted octanol–water partition coefficient (Wildman–Crippen LogP) is 0.766. The first-order chi connectivity index (χ1) is 6.16. The number of rotatable bonds is 3. The Morgan fingerprint density at radius 1 is 1.23 bits per heavy atom. The zero-order valence-electron chi connectivity index (χ0n) is 6.56. The first kappa shape index (κ1) is 9.12. The molecular formula is C9H6O4. The maximum absolute atomic E-state index is 11.0. The monoisotopic (exact) mass is 178 g/mol. The van der Waals surface area contributed by atoms with Crippen LogP contribution in [0.4, 0.5) is 0 Å². The van der Waals surface area contributed by atoms with Crippen LogP contribution in [0.25, 0.3) is 0 Å². The summed E-state index contributed by atoms with van der Waals surface area (Å²) in [6, 6.07) is 5.76. The molecule has 66 valence electrons. The number of carbonyl (C=O) groups is 3. The SMILES string of the molecule is O=Cc1ccccc1C(=O)C(=O)O. The lowest BCUT2D eigenvalue weighted by Gasteiger charge is -1.97. The van der Waals surface area contributed by atoms with E-state index in [0.717, 1.165) is 0 Å². The highest BCUT2D eigenvalue weighted by atomic mass is 16.4. The molecule has 4 nitrogen and oxygen atoms in total. The highest BCUT2D eigenvalue weighted by Crippen LogP contribution is 2.06. The fourth-order valence-corrected chi connectivity index (χ4v) is 0.922. The number of hydrogen-bond acceptors (Lipinski definition) is 3. The van der Waals surface area contributed by atoms with Crippen LogP contribution in [0.3, 0.4) is 0 Å². The van der Waals surface area contributed by atoms with E-state index in [1.807, 2.05) is 0 Å². The van der Waals surface area contributed by atoms with E-state index in [2.05, 4.69) is 0 Å². The van der Waals surface area contributed by atoms with Crippen LogP contribution in [-0.4, -0.2) is 23.1 Å². The number of ketones is 1. The van der Waals surface area contributed by atoms with Crippen molar-refractivity contribution in [3.63, 3.8) is 0 Å². The largest absolute Gasteiger partial charge is 0.475 e. The van der Waals surface area contributed by atoms with Crippen LogP contribution in [0.5, 0.6) is 0 Å². The number of carboxylic acid groups (broad SMARTS) is 1. The molecule has 0 aliphatic heterocycles. The molecule has 0 bridgehead atoms. The van der Waals surface area contributed by atoms with Gasteiger partial charge >= 0.3 is 5.97 Å². The number of benzene rings is 1. The summed E-state index contributed by atoms with van der Waals surface area (Å²) in [4.78, 5) is 31.7. The Morgan fingerprint density at radius 3 is 2.38 bits per heavy atom. The lowest BCUT2D eigenvalue weighted by Crippen LogP contribution is -2.14. The van der Waals surface area contributed by atoms with Gasteiger partial charge in [-0.3, -0.25) is 9.59 Å². The summed E-state index contributed by atoms with van der Waals surface area (Å²) in [5, 5.41) is 8.39. The minimum absolute atomic E-state index is 0.0787. The molecule has 0 spiro atoms. The van der Waals surface area contributed by atoms with Crippen LogP contribution in [0.15, 0.2) is 24.3 Å². The maximum atomic E-state index is 11.0. The van der Waals surface area contributed by atoms with E-state index in [0.29, 0.717) is 6.29 Å². The fourth-order valence-electron chi connectivity index (χ4n) is 0.922. The molecule has 0 saturated carbocycles. The number of aldehydes is 1. The van der Waals surface area contributed by atoms with Crippen molar-refractivity contribution in [3.05, 3.63) is 35.4 Å². The normalized spacial score (nSPS) is 9.23. The Hall–Kier alpha value is -1.97. The van der Waals surface area contributed by atoms with Crippen LogP contribution in [0.1, 0.15) is 20.7 Å². The van der Waals surface area contributed by atoms with E-state index in [1.165, 1.54) is 18.2 Å². The Kier molecular flexibility index (Phi) is 2.54. The van der Waals surface area contributed by atoms with Gasteiger partial charge in [-0.1, -0.05) is 24.3 Å². The molecule has 13 heavy (non-hydrogen) atoms. The minimum Gasteiger partial charge on any atom is -0.475 e. The van der Waals surface area contributed by atoms with Crippen molar-refractivity contribution in [2.24, 2.45) is 0 Å². The standard InChI is InChI=1S/C9H6O4/c10-5-6-3-1-2-4-7(6)8(11)9(12)13/h1-5H,(H,12,13). The number of carbonyl (C=O) groups excluding carboxylic acids is 2. The van der Waals surface area contributed by atoms with Crippen molar-refractivity contribution < 1.29 is 19.5 Å². The summed E-state index contributed by atoms with van der Waals surface area (Å²) in [7, 11) is 0. The molecule has 1 aromatic carbocycles. The van der Waals surface area contributed by atoms with Gasteiger partial charge < -0.3 is 5.11 Å². The molecule has 0 heterocycles. The molecule has 0 fully saturated rings. The van der Waals surface area contributed by atoms with Crippen molar-refractivity contribution in [2.45, 2.75) is 0 Å². The summed E-state index contributed by atoms with van der Waals surface area (Å²) in [6.45, 7) is 0. The summed E-state index contributed by atoms with van der Waals surface area (Å²) in [6.07, 6.45) is 0.455. The Balaban J connectivity index is 3.20.